The van der Waals surface area contributed by atoms with Crippen LogP contribution in [0.5, 0.6) is 0 Å². The Morgan fingerprint density at radius 3 is 1.19 bits per heavy atom. The molecule has 4 heterocycles. The molecule has 6 nitrogen and oxygen atoms in total. The highest BCUT2D eigenvalue weighted by atomic mass is 15.1. The molecule has 0 fully saturated rings. The summed E-state index contributed by atoms with van der Waals surface area (Å²) in [7, 11) is 0. The van der Waals surface area contributed by atoms with Crippen LogP contribution in [0.3, 0.4) is 0 Å². The largest absolute Gasteiger partial charge is 0.309 e. The highest BCUT2D eigenvalue weighted by Gasteiger charge is 2.35. The maximum Gasteiger partial charge on any atom is 0.104 e. The predicted octanol–water partition coefficient (Wildman–Crippen LogP) is 17.1. The van der Waals surface area contributed by atoms with Crippen molar-refractivity contribution in [3.05, 3.63) is 229 Å². The lowest BCUT2D eigenvalue weighted by molar-refractivity contribution is 0.594. The maximum atomic E-state index is 12.5. The second-order valence-corrected chi connectivity index (χ2v) is 20.3. The van der Waals surface area contributed by atoms with Crippen LogP contribution in [-0.2, 0) is 5.41 Å². The van der Waals surface area contributed by atoms with E-state index in [9.17, 15) is 10.5 Å². The van der Waals surface area contributed by atoms with Gasteiger partial charge in [-0.2, -0.15) is 10.5 Å². The zero-order valence-electron chi connectivity index (χ0n) is 40.8. The lowest BCUT2D eigenvalue weighted by atomic mass is 9.84. The Bertz CT molecular complexity index is 4470. The molecule has 10 aromatic carbocycles. The highest BCUT2D eigenvalue weighted by Crippen LogP contribution is 2.51. The number of fused-ring (bicyclic) bond motifs is 13. The number of hydrogen-bond donors (Lipinski definition) is 0. The zero-order valence-corrected chi connectivity index (χ0v) is 40.8. The third-order valence-corrected chi connectivity index (χ3v) is 15.2. The molecule has 0 aliphatic carbocycles. The molecular weight excluding hydrogens is 889 g/mol. The van der Waals surface area contributed by atoms with Gasteiger partial charge >= 0.3 is 0 Å². The van der Waals surface area contributed by atoms with Crippen LogP contribution in [0.25, 0.3) is 121 Å². The number of aromatic nitrogens is 4. The van der Waals surface area contributed by atoms with Crippen LogP contribution < -0.4 is 0 Å². The van der Waals surface area contributed by atoms with E-state index >= 15 is 0 Å². The van der Waals surface area contributed by atoms with Crippen molar-refractivity contribution in [3.63, 3.8) is 0 Å². The number of para-hydroxylation sites is 7. The van der Waals surface area contributed by atoms with Gasteiger partial charge in [0, 0.05) is 54.3 Å². The van der Waals surface area contributed by atoms with Gasteiger partial charge in [-0.15, -0.1) is 0 Å². The normalized spacial score (nSPS) is 12.1. The molecule has 14 rings (SSSR count). The van der Waals surface area contributed by atoms with Crippen LogP contribution >= 0.6 is 0 Å². The summed E-state index contributed by atoms with van der Waals surface area (Å²) in [6.07, 6.45) is 0. The fourth-order valence-electron chi connectivity index (χ4n) is 12.2. The summed E-state index contributed by atoms with van der Waals surface area (Å²) in [4.78, 5) is 0. The first-order valence-corrected chi connectivity index (χ1v) is 24.9. The Morgan fingerprint density at radius 2 is 0.753 bits per heavy atom. The first kappa shape index (κ1) is 42.3. The van der Waals surface area contributed by atoms with Crippen LogP contribution in [-0.4, -0.2) is 18.3 Å². The van der Waals surface area contributed by atoms with Crippen molar-refractivity contribution in [2.24, 2.45) is 0 Å². The molecule has 0 saturated heterocycles. The minimum absolute atomic E-state index is 0.282. The van der Waals surface area contributed by atoms with E-state index in [0.29, 0.717) is 28.2 Å². The molecule has 0 atom stereocenters. The third-order valence-electron chi connectivity index (χ3n) is 15.2. The Morgan fingerprint density at radius 1 is 0.370 bits per heavy atom. The number of aryl methyl sites for hydroxylation is 1. The molecule has 6 heteroatoms. The van der Waals surface area contributed by atoms with E-state index in [2.05, 4.69) is 264 Å². The SMILES string of the molecule is Cc1ccc(-c2c(-n3c4ccccc4c4ccccc43)c(C#N)c(-n3c4ccccc4c4cc(C(C)(C)C)c5c(c6ccccc6n5-c5ccccc5)c43)c(C#N)c2-n2c3ccccc3c3ccccc32)cc1. The molecule has 0 spiro atoms. The van der Waals surface area contributed by atoms with Crippen molar-refractivity contribution < 1.29 is 0 Å². The molecule has 14 aromatic rings. The summed E-state index contributed by atoms with van der Waals surface area (Å²) in [6, 6.07) is 78.5. The smallest absolute Gasteiger partial charge is 0.104 e. The Balaban J connectivity index is 1.31. The van der Waals surface area contributed by atoms with Gasteiger partial charge < -0.3 is 18.3 Å². The summed E-state index contributed by atoms with van der Waals surface area (Å²) in [6.45, 7) is 8.97. The van der Waals surface area contributed by atoms with Gasteiger partial charge in [-0.3, -0.25) is 0 Å². The van der Waals surface area contributed by atoms with Crippen LogP contribution in [0.1, 0.15) is 43.0 Å². The average molecular weight is 935 g/mol. The molecule has 0 radical (unpaired) electrons. The Labute approximate surface area is 421 Å². The minimum atomic E-state index is -0.282. The summed E-state index contributed by atoms with van der Waals surface area (Å²) in [5.74, 6) is 0. The fraction of sp³-hybridized carbons (Fsp3) is 0.0746. The lowest BCUT2D eigenvalue weighted by Crippen LogP contribution is -2.15. The van der Waals surface area contributed by atoms with Gasteiger partial charge in [0.05, 0.1) is 61.2 Å². The van der Waals surface area contributed by atoms with E-state index in [1.54, 1.807) is 0 Å². The van der Waals surface area contributed by atoms with Crippen molar-refractivity contribution >= 4 is 87.2 Å². The molecule has 73 heavy (non-hydrogen) atoms. The number of nitriles is 2. The molecule has 0 amide bonds. The van der Waals surface area contributed by atoms with Crippen LogP contribution in [0.4, 0.5) is 0 Å². The molecule has 0 bridgehead atoms. The number of hydrogen-bond acceptors (Lipinski definition) is 2. The first-order chi connectivity index (χ1) is 35.8. The summed E-state index contributed by atoms with van der Waals surface area (Å²) in [5.41, 5.74) is 15.3. The monoisotopic (exact) mass is 934 g/mol. The second-order valence-electron chi connectivity index (χ2n) is 20.3. The highest BCUT2D eigenvalue weighted by molar-refractivity contribution is 6.27. The van der Waals surface area contributed by atoms with E-state index in [-0.39, 0.29) is 5.41 Å². The average Bonchev–Trinajstić information content (AvgIpc) is 4.16. The van der Waals surface area contributed by atoms with E-state index in [1.807, 2.05) is 0 Å². The van der Waals surface area contributed by atoms with Crippen molar-refractivity contribution in [2.45, 2.75) is 33.1 Å². The second kappa shape index (κ2) is 15.7. The van der Waals surface area contributed by atoms with Crippen LogP contribution in [0.15, 0.2) is 206 Å². The van der Waals surface area contributed by atoms with Crippen LogP contribution in [0, 0.1) is 29.6 Å². The Hall–Kier alpha value is -9.62. The van der Waals surface area contributed by atoms with Crippen molar-refractivity contribution in [3.8, 4) is 46.0 Å². The summed E-state index contributed by atoms with van der Waals surface area (Å²) < 4.78 is 9.29. The lowest BCUT2D eigenvalue weighted by Gasteiger charge is -2.26. The van der Waals surface area contributed by atoms with Crippen LogP contribution in [0.2, 0.25) is 0 Å². The molecule has 0 N–H and O–H groups in total. The zero-order chi connectivity index (χ0) is 49.3. The van der Waals surface area contributed by atoms with Gasteiger partial charge in [0.2, 0.25) is 0 Å². The van der Waals surface area contributed by atoms with Crippen molar-refractivity contribution in [2.75, 3.05) is 0 Å². The van der Waals surface area contributed by atoms with Gasteiger partial charge in [-0.25, -0.2) is 0 Å². The standard InChI is InChI=1S/C67H46N6/c1-41-34-36-42(37-35-41)60-64(71-54-28-14-8-22-44(54)45-23-9-15-29-55(45)71)51(39-68)62(52(40-69)65(60)72-56-30-16-10-24-46(56)47-25-11-17-31-57(47)72)73-58-32-18-12-26-48(58)50-38-53(67(2,3)4)66-61(63(50)73)49-27-13-19-33-59(49)70(66)43-20-6-5-7-21-43/h5-38H,1-4H3. The topological polar surface area (TPSA) is 67.3 Å². The number of benzene rings is 10. The van der Waals surface area contributed by atoms with Gasteiger partial charge in [-0.05, 0) is 78.1 Å². The van der Waals surface area contributed by atoms with E-state index in [1.165, 1.54) is 5.56 Å². The maximum absolute atomic E-state index is 12.5. The fourth-order valence-corrected chi connectivity index (χ4v) is 12.2. The van der Waals surface area contributed by atoms with Gasteiger partial charge in [0.15, 0.2) is 0 Å². The minimum Gasteiger partial charge on any atom is -0.309 e. The molecule has 0 aliphatic rings. The van der Waals surface area contributed by atoms with E-state index in [4.69, 9.17) is 0 Å². The summed E-state index contributed by atoms with van der Waals surface area (Å²) in [5, 5.41) is 33.5. The van der Waals surface area contributed by atoms with Gasteiger partial charge in [0.25, 0.3) is 0 Å². The third kappa shape index (κ3) is 5.90. The molecule has 0 unspecified atom stereocenters. The molecule has 0 saturated carbocycles. The van der Waals surface area contributed by atoms with Gasteiger partial charge in [-0.1, -0.05) is 178 Å². The molecular formula is C67H46N6. The number of rotatable bonds is 5. The van der Waals surface area contributed by atoms with Gasteiger partial charge in [0.1, 0.15) is 23.3 Å². The quantitative estimate of drug-likeness (QED) is 0.173. The predicted molar refractivity (Wildman–Crippen MR) is 302 cm³/mol. The van der Waals surface area contributed by atoms with Crippen molar-refractivity contribution in [1.82, 2.24) is 18.3 Å². The number of nitrogens with zero attached hydrogens (tertiary/aromatic N) is 6. The molecule has 0 aliphatic heterocycles. The molecule has 344 valence electrons. The molecule has 4 aromatic heterocycles. The Kier molecular flexibility index (Phi) is 9.09. The summed E-state index contributed by atoms with van der Waals surface area (Å²) >= 11 is 0. The first-order valence-electron chi connectivity index (χ1n) is 24.9. The van der Waals surface area contributed by atoms with E-state index < -0.39 is 0 Å². The van der Waals surface area contributed by atoms with E-state index in [0.717, 1.165) is 110 Å². The van der Waals surface area contributed by atoms with Crippen molar-refractivity contribution in [1.29, 1.82) is 10.5 Å².